The molecule has 0 spiro atoms. The summed E-state index contributed by atoms with van der Waals surface area (Å²) < 4.78 is 0. The van der Waals surface area contributed by atoms with Crippen molar-refractivity contribution >= 4 is 16.6 Å². The second-order valence-corrected chi connectivity index (χ2v) is 3.97. The highest BCUT2D eigenvalue weighted by Crippen LogP contribution is 2.20. The van der Waals surface area contributed by atoms with Crippen LogP contribution in [0.25, 0.3) is 10.8 Å². The number of rotatable bonds is 2. The fourth-order valence-corrected chi connectivity index (χ4v) is 1.97. The van der Waals surface area contributed by atoms with Crippen molar-refractivity contribution in [1.82, 2.24) is 9.97 Å². The topological polar surface area (TPSA) is 42.9 Å². The molecule has 1 aromatic carbocycles. The number of carbonyl (C=O) groups excluding carboxylic acids is 1. The smallest absolute Gasteiger partial charge is 0.193 e. The van der Waals surface area contributed by atoms with Gasteiger partial charge in [0.25, 0.3) is 0 Å². The largest absolute Gasteiger partial charge is 0.289 e. The van der Waals surface area contributed by atoms with Gasteiger partial charge >= 0.3 is 0 Å². The molecule has 3 nitrogen and oxygen atoms in total. The van der Waals surface area contributed by atoms with Gasteiger partial charge in [0, 0.05) is 41.3 Å². The molecule has 3 heteroatoms. The molecule has 0 N–H and O–H groups in total. The first-order valence-corrected chi connectivity index (χ1v) is 5.64. The van der Waals surface area contributed by atoms with Crippen LogP contribution in [-0.4, -0.2) is 15.8 Å². The molecule has 2 heterocycles. The Morgan fingerprint density at radius 1 is 0.889 bits per heavy atom. The zero-order chi connectivity index (χ0) is 12.4. The fourth-order valence-electron chi connectivity index (χ4n) is 1.97. The van der Waals surface area contributed by atoms with E-state index >= 15 is 0 Å². The van der Waals surface area contributed by atoms with Crippen molar-refractivity contribution in [1.29, 1.82) is 0 Å². The van der Waals surface area contributed by atoms with Gasteiger partial charge in [-0.05, 0) is 23.6 Å². The molecular formula is C15H10N2O. The standard InChI is InChI=1S/C15H10N2O/c18-15(12-5-7-16-8-6-12)13-3-1-2-11-4-9-17-10-14(11)13/h1-10H. The summed E-state index contributed by atoms with van der Waals surface area (Å²) in [6.45, 7) is 0. The van der Waals surface area contributed by atoms with E-state index in [1.165, 1.54) is 0 Å². The van der Waals surface area contributed by atoms with Crippen molar-refractivity contribution in [2.75, 3.05) is 0 Å². The van der Waals surface area contributed by atoms with Gasteiger partial charge in [-0.3, -0.25) is 14.8 Å². The molecule has 0 aliphatic carbocycles. The van der Waals surface area contributed by atoms with Gasteiger partial charge < -0.3 is 0 Å². The van der Waals surface area contributed by atoms with Crippen LogP contribution in [0.3, 0.4) is 0 Å². The lowest BCUT2D eigenvalue weighted by molar-refractivity contribution is 0.104. The SMILES string of the molecule is O=C(c1ccncc1)c1cccc2ccncc12. The van der Waals surface area contributed by atoms with Crippen molar-refractivity contribution < 1.29 is 4.79 Å². The second-order valence-electron chi connectivity index (χ2n) is 3.97. The minimum Gasteiger partial charge on any atom is -0.289 e. The Labute approximate surface area is 104 Å². The molecule has 0 amide bonds. The Morgan fingerprint density at radius 3 is 2.50 bits per heavy atom. The maximum Gasteiger partial charge on any atom is 0.193 e. The molecule has 3 rings (SSSR count). The van der Waals surface area contributed by atoms with Crippen LogP contribution in [0, 0.1) is 0 Å². The van der Waals surface area contributed by atoms with Gasteiger partial charge in [-0.1, -0.05) is 18.2 Å². The summed E-state index contributed by atoms with van der Waals surface area (Å²) in [6.07, 6.45) is 6.69. The molecule has 0 atom stereocenters. The van der Waals surface area contributed by atoms with E-state index in [0.717, 1.165) is 10.8 Å². The minimum absolute atomic E-state index is 0.00370. The highest BCUT2D eigenvalue weighted by molar-refractivity contribution is 6.16. The van der Waals surface area contributed by atoms with Crippen molar-refractivity contribution in [2.24, 2.45) is 0 Å². The maximum absolute atomic E-state index is 12.4. The normalized spacial score (nSPS) is 10.4. The summed E-state index contributed by atoms with van der Waals surface area (Å²) >= 11 is 0. The lowest BCUT2D eigenvalue weighted by atomic mass is 9.99. The Kier molecular flexibility index (Phi) is 2.57. The molecule has 0 aliphatic rings. The van der Waals surface area contributed by atoms with Gasteiger partial charge in [0.05, 0.1) is 0 Å². The molecule has 3 aromatic rings. The van der Waals surface area contributed by atoms with E-state index in [1.807, 2.05) is 24.3 Å². The molecule has 0 unspecified atom stereocenters. The maximum atomic E-state index is 12.4. The summed E-state index contributed by atoms with van der Waals surface area (Å²) in [7, 11) is 0. The first-order valence-electron chi connectivity index (χ1n) is 5.64. The Morgan fingerprint density at radius 2 is 1.67 bits per heavy atom. The van der Waals surface area contributed by atoms with E-state index in [9.17, 15) is 4.79 Å². The highest BCUT2D eigenvalue weighted by Gasteiger charge is 2.11. The van der Waals surface area contributed by atoms with Gasteiger partial charge in [0.15, 0.2) is 5.78 Å². The summed E-state index contributed by atoms with van der Waals surface area (Å²) in [5, 5.41) is 1.90. The molecule has 0 saturated heterocycles. The molecule has 0 radical (unpaired) electrons. The van der Waals surface area contributed by atoms with E-state index in [1.54, 1.807) is 36.9 Å². The lowest BCUT2D eigenvalue weighted by Gasteiger charge is -2.04. The monoisotopic (exact) mass is 234 g/mol. The molecule has 0 aliphatic heterocycles. The van der Waals surface area contributed by atoms with E-state index in [0.29, 0.717) is 11.1 Å². The Hall–Kier alpha value is -2.55. The zero-order valence-corrected chi connectivity index (χ0v) is 9.58. The van der Waals surface area contributed by atoms with Crippen LogP contribution in [0.5, 0.6) is 0 Å². The predicted octanol–water partition coefficient (Wildman–Crippen LogP) is 2.86. The summed E-state index contributed by atoms with van der Waals surface area (Å²) in [6, 6.07) is 11.0. The number of aromatic nitrogens is 2. The van der Waals surface area contributed by atoms with E-state index in [-0.39, 0.29) is 5.78 Å². The van der Waals surface area contributed by atoms with Crippen LogP contribution in [-0.2, 0) is 0 Å². The third-order valence-electron chi connectivity index (χ3n) is 2.87. The number of nitrogens with zero attached hydrogens (tertiary/aromatic N) is 2. The van der Waals surface area contributed by atoms with Crippen LogP contribution in [0.4, 0.5) is 0 Å². The predicted molar refractivity (Wildman–Crippen MR) is 69.4 cm³/mol. The van der Waals surface area contributed by atoms with Crippen LogP contribution in [0.1, 0.15) is 15.9 Å². The molecule has 0 fully saturated rings. The molecule has 18 heavy (non-hydrogen) atoms. The first kappa shape index (κ1) is 10.6. The number of carbonyl (C=O) groups is 1. The number of ketones is 1. The molecule has 0 bridgehead atoms. The van der Waals surface area contributed by atoms with E-state index < -0.39 is 0 Å². The van der Waals surface area contributed by atoms with E-state index in [4.69, 9.17) is 0 Å². The van der Waals surface area contributed by atoms with Crippen LogP contribution in [0.15, 0.2) is 61.2 Å². The quantitative estimate of drug-likeness (QED) is 0.640. The second kappa shape index (κ2) is 4.37. The Balaban J connectivity index is 2.18. The van der Waals surface area contributed by atoms with Crippen molar-refractivity contribution in [3.05, 3.63) is 72.3 Å². The van der Waals surface area contributed by atoms with Crippen molar-refractivity contribution in [3.8, 4) is 0 Å². The van der Waals surface area contributed by atoms with Gasteiger partial charge in [0.1, 0.15) is 0 Å². The molecule has 86 valence electrons. The van der Waals surface area contributed by atoms with Gasteiger partial charge in [-0.25, -0.2) is 0 Å². The molecule has 0 saturated carbocycles. The number of hydrogen-bond donors (Lipinski definition) is 0. The average Bonchev–Trinajstić information content (AvgIpc) is 2.47. The third-order valence-corrected chi connectivity index (χ3v) is 2.87. The number of hydrogen-bond acceptors (Lipinski definition) is 3. The summed E-state index contributed by atoms with van der Waals surface area (Å²) in [5.74, 6) is -0.00370. The molecular weight excluding hydrogens is 224 g/mol. The number of fused-ring (bicyclic) bond motifs is 1. The van der Waals surface area contributed by atoms with Crippen molar-refractivity contribution in [2.45, 2.75) is 0 Å². The van der Waals surface area contributed by atoms with Gasteiger partial charge in [0.2, 0.25) is 0 Å². The Bertz CT molecular complexity index is 703. The number of benzene rings is 1. The van der Waals surface area contributed by atoms with Crippen LogP contribution < -0.4 is 0 Å². The third kappa shape index (κ3) is 1.76. The first-order chi connectivity index (χ1) is 8.86. The lowest BCUT2D eigenvalue weighted by Crippen LogP contribution is -2.02. The van der Waals surface area contributed by atoms with Gasteiger partial charge in [-0.2, -0.15) is 0 Å². The fraction of sp³-hybridized carbons (Fsp3) is 0. The van der Waals surface area contributed by atoms with E-state index in [2.05, 4.69) is 9.97 Å². The van der Waals surface area contributed by atoms with Gasteiger partial charge in [-0.15, -0.1) is 0 Å². The van der Waals surface area contributed by atoms with Crippen molar-refractivity contribution in [3.63, 3.8) is 0 Å². The minimum atomic E-state index is -0.00370. The zero-order valence-electron chi connectivity index (χ0n) is 9.58. The van der Waals surface area contributed by atoms with Crippen LogP contribution >= 0.6 is 0 Å². The summed E-state index contributed by atoms with van der Waals surface area (Å²) in [5.41, 5.74) is 1.31. The van der Waals surface area contributed by atoms with Crippen LogP contribution in [0.2, 0.25) is 0 Å². The average molecular weight is 234 g/mol. The number of pyridine rings is 2. The summed E-state index contributed by atoms with van der Waals surface area (Å²) in [4.78, 5) is 20.4. The molecule has 2 aromatic heterocycles. The highest BCUT2D eigenvalue weighted by atomic mass is 16.1.